The molecule has 0 aliphatic carbocycles. The van der Waals surface area contributed by atoms with E-state index in [-0.39, 0.29) is 24.6 Å². The second-order valence-corrected chi connectivity index (χ2v) is 4.94. The number of benzene rings is 1. The number of rotatable bonds is 5. The predicted octanol–water partition coefficient (Wildman–Crippen LogP) is -1.78. The van der Waals surface area contributed by atoms with Crippen LogP contribution in [-0.4, -0.2) is 23.8 Å². The molecule has 2 nitrogen and oxygen atoms in total. The molecule has 0 heterocycles. The van der Waals surface area contributed by atoms with E-state index < -0.39 is 0 Å². The maximum Gasteiger partial charge on any atom is 0.0994 e. The van der Waals surface area contributed by atoms with E-state index in [1.807, 2.05) is 12.1 Å². The topological polar surface area (TPSA) is 36.8 Å². The van der Waals surface area contributed by atoms with E-state index in [9.17, 15) is 0 Å². The summed E-state index contributed by atoms with van der Waals surface area (Å²) >= 11 is 5.83. The molecule has 0 fully saturated rings. The first-order valence-electron chi connectivity index (χ1n) is 5.23. The van der Waals surface area contributed by atoms with E-state index in [1.54, 1.807) is 0 Å². The Hall–Kier alpha value is -0.280. The minimum atomic E-state index is 0. The van der Waals surface area contributed by atoms with Gasteiger partial charge in [0.1, 0.15) is 0 Å². The predicted molar refractivity (Wildman–Crippen MR) is 63.1 cm³/mol. The van der Waals surface area contributed by atoms with Crippen LogP contribution in [-0.2, 0) is 6.42 Å². The van der Waals surface area contributed by atoms with E-state index in [0.29, 0.717) is 0 Å². The molecular weight excluding hydrogens is 245 g/mol. The van der Waals surface area contributed by atoms with Crippen molar-refractivity contribution in [2.75, 3.05) is 13.2 Å². The normalized spacial score (nSPS) is 11.0. The second kappa shape index (κ2) is 7.13. The minimum Gasteiger partial charge on any atom is -1.00 e. The van der Waals surface area contributed by atoms with Crippen LogP contribution >= 0.6 is 11.6 Å². The lowest BCUT2D eigenvalue weighted by Crippen LogP contribution is -3.00. The van der Waals surface area contributed by atoms with E-state index in [1.165, 1.54) is 5.56 Å². The zero-order chi connectivity index (χ0) is 11.3. The number of hydrogen-bond acceptors (Lipinski definition) is 1. The number of hydrogen-bond donors (Lipinski definition) is 2. The minimum absolute atomic E-state index is 0. The van der Waals surface area contributed by atoms with E-state index >= 15 is 0 Å². The van der Waals surface area contributed by atoms with Crippen molar-refractivity contribution in [1.29, 1.82) is 0 Å². The number of nitrogens with two attached hydrogens (primary N) is 1. The first-order valence-corrected chi connectivity index (χ1v) is 5.61. The molecule has 0 amide bonds. The molecule has 1 aromatic rings. The maximum atomic E-state index is 8.78. The average Bonchev–Trinajstić information content (AvgIpc) is 2.18. The summed E-state index contributed by atoms with van der Waals surface area (Å²) in [7, 11) is 0. The molecule has 92 valence electrons. The van der Waals surface area contributed by atoms with Gasteiger partial charge >= 0.3 is 0 Å². The molecular formula is C12H19Cl2NO. The van der Waals surface area contributed by atoms with Gasteiger partial charge in [-0.2, -0.15) is 0 Å². The third-order valence-corrected chi connectivity index (χ3v) is 2.65. The summed E-state index contributed by atoms with van der Waals surface area (Å²) in [4.78, 5) is 0. The third-order valence-electron chi connectivity index (χ3n) is 2.40. The fraction of sp³-hybridized carbons (Fsp3) is 0.500. The standard InChI is InChI=1S/C12H18ClNO.ClH/c1-12(2,14-7-8-15)9-10-3-5-11(13)6-4-10;/h3-6,14-15H,7-9H2,1-2H3;1H. The quantitative estimate of drug-likeness (QED) is 0.648. The van der Waals surface area contributed by atoms with Gasteiger partial charge in [0, 0.05) is 11.4 Å². The molecule has 0 atom stereocenters. The summed E-state index contributed by atoms with van der Waals surface area (Å²) in [5.41, 5.74) is 1.40. The highest BCUT2D eigenvalue weighted by Crippen LogP contribution is 2.13. The highest BCUT2D eigenvalue weighted by Gasteiger charge is 2.20. The molecule has 0 aromatic heterocycles. The van der Waals surface area contributed by atoms with Crippen LogP contribution in [0.2, 0.25) is 5.02 Å². The van der Waals surface area contributed by atoms with E-state index in [2.05, 4.69) is 31.3 Å². The molecule has 0 radical (unpaired) electrons. The molecule has 0 spiro atoms. The Morgan fingerprint density at radius 3 is 2.31 bits per heavy atom. The molecule has 1 rings (SSSR count). The lowest BCUT2D eigenvalue weighted by Gasteiger charge is -2.22. The molecule has 0 saturated carbocycles. The van der Waals surface area contributed by atoms with Crippen molar-refractivity contribution < 1.29 is 22.8 Å². The Morgan fingerprint density at radius 1 is 1.25 bits per heavy atom. The second-order valence-electron chi connectivity index (χ2n) is 4.51. The van der Waals surface area contributed by atoms with Gasteiger partial charge in [-0.15, -0.1) is 0 Å². The number of aliphatic hydroxyl groups is 1. The highest BCUT2D eigenvalue weighted by atomic mass is 35.5. The Labute approximate surface area is 108 Å². The van der Waals surface area contributed by atoms with Gasteiger partial charge in [-0.3, -0.25) is 0 Å². The molecule has 0 aliphatic heterocycles. The Balaban J connectivity index is 0.00000225. The van der Waals surface area contributed by atoms with Crippen molar-refractivity contribution in [3.05, 3.63) is 34.9 Å². The Bertz CT molecular complexity index is 298. The summed E-state index contributed by atoms with van der Waals surface area (Å²) in [6.07, 6.45) is 0.976. The first-order chi connectivity index (χ1) is 7.03. The lowest BCUT2D eigenvalue weighted by atomic mass is 9.95. The molecule has 0 saturated heterocycles. The summed E-state index contributed by atoms with van der Waals surface area (Å²) in [6, 6.07) is 7.94. The van der Waals surface area contributed by atoms with Crippen LogP contribution < -0.4 is 17.7 Å². The van der Waals surface area contributed by atoms with Crippen LogP contribution in [0, 0.1) is 0 Å². The van der Waals surface area contributed by atoms with Crippen molar-refractivity contribution in [1.82, 2.24) is 0 Å². The van der Waals surface area contributed by atoms with E-state index in [0.717, 1.165) is 18.0 Å². The van der Waals surface area contributed by atoms with Crippen molar-refractivity contribution in [3.63, 3.8) is 0 Å². The monoisotopic (exact) mass is 263 g/mol. The van der Waals surface area contributed by atoms with Crippen LogP contribution in [0.15, 0.2) is 24.3 Å². The SMILES string of the molecule is CC(C)(Cc1ccc(Cl)cc1)[NH2+]CCO.[Cl-]. The smallest absolute Gasteiger partial charge is 0.0994 e. The lowest BCUT2D eigenvalue weighted by molar-refractivity contribution is -0.721. The van der Waals surface area contributed by atoms with Gasteiger partial charge in [0.25, 0.3) is 0 Å². The third kappa shape index (κ3) is 5.71. The van der Waals surface area contributed by atoms with Gasteiger partial charge in [-0.1, -0.05) is 23.7 Å². The van der Waals surface area contributed by atoms with Crippen LogP contribution in [0.3, 0.4) is 0 Å². The molecule has 4 heteroatoms. The summed E-state index contributed by atoms with van der Waals surface area (Å²) in [5.74, 6) is 0. The van der Waals surface area contributed by atoms with Crippen LogP contribution in [0.5, 0.6) is 0 Å². The van der Waals surface area contributed by atoms with Crippen LogP contribution in [0.25, 0.3) is 0 Å². The summed E-state index contributed by atoms with van der Waals surface area (Å²) in [6.45, 7) is 5.33. The molecule has 1 aromatic carbocycles. The van der Waals surface area contributed by atoms with Crippen LogP contribution in [0.4, 0.5) is 0 Å². The van der Waals surface area contributed by atoms with Gasteiger partial charge in [0.2, 0.25) is 0 Å². The van der Waals surface area contributed by atoms with Gasteiger partial charge < -0.3 is 22.8 Å². The maximum absolute atomic E-state index is 8.78. The summed E-state index contributed by atoms with van der Waals surface area (Å²) < 4.78 is 0. The first kappa shape index (κ1) is 15.7. The van der Waals surface area contributed by atoms with Crippen molar-refractivity contribution in [2.45, 2.75) is 25.8 Å². The molecule has 0 bridgehead atoms. The van der Waals surface area contributed by atoms with Crippen LogP contribution in [0.1, 0.15) is 19.4 Å². The number of halogens is 2. The fourth-order valence-electron chi connectivity index (χ4n) is 1.66. The van der Waals surface area contributed by atoms with Crippen molar-refractivity contribution >= 4 is 11.6 Å². The number of aliphatic hydroxyl groups excluding tert-OH is 1. The van der Waals surface area contributed by atoms with Crippen molar-refractivity contribution in [2.24, 2.45) is 0 Å². The van der Waals surface area contributed by atoms with Gasteiger partial charge in [-0.05, 0) is 31.5 Å². The zero-order valence-corrected chi connectivity index (χ0v) is 11.2. The van der Waals surface area contributed by atoms with E-state index in [4.69, 9.17) is 16.7 Å². The Kier molecular flexibility index (Phi) is 7.00. The largest absolute Gasteiger partial charge is 1.00 e. The van der Waals surface area contributed by atoms with Crippen molar-refractivity contribution in [3.8, 4) is 0 Å². The van der Waals surface area contributed by atoms with Gasteiger partial charge in [0.05, 0.1) is 18.7 Å². The highest BCUT2D eigenvalue weighted by molar-refractivity contribution is 6.30. The number of quaternary nitrogens is 1. The Morgan fingerprint density at radius 2 is 1.81 bits per heavy atom. The molecule has 0 unspecified atom stereocenters. The molecule has 3 N–H and O–H groups in total. The fourth-order valence-corrected chi connectivity index (χ4v) is 1.78. The average molecular weight is 264 g/mol. The molecule has 16 heavy (non-hydrogen) atoms. The molecule has 0 aliphatic rings. The van der Waals surface area contributed by atoms with Gasteiger partial charge in [0.15, 0.2) is 0 Å². The zero-order valence-electron chi connectivity index (χ0n) is 9.71. The van der Waals surface area contributed by atoms with Gasteiger partial charge in [-0.25, -0.2) is 0 Å². The summed E-state index contributed by atoms with van der Waals surface area (Å²) in [5, 5.41) is 11.7.